The van der Waals surface area contributed by atoms with Gasteiger partial charge in [0.25, 0.3) is 0 Å². The lowest BCUT2D eigenvalue weighted by Gasteiger charge is -2.19. The molecule has 114 valence electrons. The molecule has 0 spiro atoms. The van der Waals surface area contributed by atoms with E-state index in [0.29, 0.717) is 35.4 Å². The van der Waals surface area contributed by atoms with Gasteiger partial charge in [0, 0.05) is 23.6 Å². The minimum Gasteiger partial charge on any atom is -0.486 e. The number of amides is 1. The number of carbonyl (C=O) groups excluding carboxylic acids is 1. The van der Waals surface area contributed by atoms with E-state index in [9.17, 15) is 4.79 Å². The molecule has 0 atom stereocenters. The first-order valence-electron chi connectivity index (χ1n) is 6.62. The van der Waals surface area contributed by atoms with Gasteiger partial charge >= 0.3 is 0 Å². The van der Waals surface area contributed by atoms with Crippen LogP contribution in [-0.2, 0) is 4.79 Å². The summed E-state index contributed by atoms with van der Waals surface area (Å²) in [5, 5.41) is 5.96. The summed E-state index contributed by atoms with van der Waals surface area (Å²) in [6.07, 6.45) is 3.08. The third kappa shape index (κ3) is 3.40. The first-order valence-corrected chi connectivity index (χ1v) is 7.88. The number of halogens is 1. The minimum atomic E-state index is -0.288. The van der Waals surface area contributed by atoms with E-state index >= 15 is 0 Å². The van der Waals surface area contributed by atoms with Crippen LogP contribution in [0.3, 0.4) is 0 Å². The lowest BCUT2D eigenvalue weighted by atomic mass is 10.2. The molecule has 0 saturated heterocycles. The fourth-order valence-electron chi connectivity index (χ4n) is 1.95. The third-order valence-electron chi connectivity index (χ3n) is 2.93. The van der Waals surface area contributed by atoms with Crippen LogP contribution in [0.2, 0.25) is 5.02 Å². The van der Waals surface area contributed by atoms with Crippen molar-refractivity contribution in [3.05, 3.63) is 39.3 Å². The summed E-state index contributed by atoms with van der Waals surface area (Å²) in [7, 11) is 0. The highest BCUT2D eigenvalue weighted by molar-refractivity contribution is 7.09. The number of fused-ring (bicyclic) bond motifs is 1. The van der Waals surface area contributed by atoms with Crippen LogP contribution in [0.1, 0.15) is 10.7 Å². The van der Waals surface area contributed by atoms with Gasteiger partial charge in [-0.2, -0.15) is 0 Å². The molecule has 0 fully saturated rings. The van der Waals surface area contributed by atoms with E-state index in [-0.39, 0.29) is 5.91 Å². The van der Waals surface area contributed by atoms with Crippen LogP contribution in [0.4, 0.5) is 5.69 Å². The molecule has 2 heterocycles. The zero-order chi connectivity index (χ0) is 15.5. The number of nitrogens with zero attached hydrogens (tertiary/aromatic N) is 1. The summed E-state index contributed by atoms with van der Waals surface area (Å²) >= 11 is 7.67. The van der Waals surface area contributed by atoms with Crippen molar-refractivity contribution in [2.75, 3.05) is 18.5 Å². The SMILES string of the molecule is Cc1nc(/C=C/C(=O)Nc2cc3c(cc2Cl)OCCO3)cs1. The standard InChI is InChI=1S/C15H13ClN2O3S/c1-9-17-10(8-22-9)2-3-15(19)18-12-7-14-13(6-11(12)16)20-4-5-21-14/h2-3,6-8H,4-5H2,1H3,(H,18,19)/b3-2+. The topological polar surface area (TPSA) is 60.5 Å². The fourth-order valence-corrected chi connectivity index (χ4v) is 2.73. The average molecular weight is 337 g/mol. The monoisotopic (exact) mass is 336 g/mol. The molecule has 1 N–H and O–H groups in total. The van der Waals surface area contributed by atoms with E-state index in [1.807, 2.05) is 12.3 Å². The Labute approximate surface area is 136 Å². The maximum atomic E-state index is 12.0. The molecule has 0 unspecified atom stereocenters. The molecule has 0 aliphatic carbocycles. The molecular formula is C15H13ClN2O3S. The zero-order valence-corrected chi connectivity index (χ0v) is 13.3. The molecule has 1 aromatic carbocycles. The molecule has 22 heavy (non-hydrogen) atoms. The Morgan fingerprint density at radius 1 is 1.36 bits per heavy atom. The first-order chi connectivity index (χ1) is 10.6. The van der Waals surface area contributed by atoms with Crippen molar-refractivity contribution in [2.45, 2.75) is 6.92 Å². The molecule has 3 rings (SSSR count). The van der Waals surface area contributed by atoms with Crippen molar-refractivity contribution in [1.82, 2.24) is 4.98 Å². The summed E-state index contributed by atoms with van der Waals surface area (Å²) in [4.78, 5) is 16.2. The number of hydrogen-bond donors (Lipinski definition) is 1. The Balaban J connectivity index is 1.72. The van der Waals surface area contributed by atoms with Gasteiger partial charge in [0.05, 0.1) is 21.4 Å². The molecular weight excluding hydrogens is 324 g/mol. The Bertz CT molecular complexity index is 742. The van der Waals surface area contributed by atoms with Gasteiger partial charge in [-0.15, -0.1) is 11.3 Å². The molecule has 1 aliphatic heterocycles. The van der Waals surface area contributed by atoms with E-state index in [0.717, 1.165) is 10.7 Å². The van der Waals surface area contributed by atoms with Crippen molar-refractivity contribution >= 4 is 40.6 Å². The molecule has 0 radical (unpaired) electrons. The summed E-state index contributed by atoms with van der Waals surface area (Å²) in [5.74, 6) is 0.872. The molecule has 2 aromatic rings. The molecule has 0 bridgehead atoms. The van der Waals surface area contributed by atoms with Crippen LogP contribution in [-0.4, -0.2) is 24.1 Å². The first kappa shape index (κ1) is 14.9. The summed E-state index contributed by atoms with van der Waals surface area (Å²) in [6, 6.07) is 3.30. The molecule has 1 aromatic heterocycles. The quantitative estimate of drug-likeness (QED) is 0.871. The fraction of sp³-hybridized carbons (Fsp3) is 0.200. The summed E-state index contributed by atoms with van der Waals surface area (Å²) in [6.45, 7) is 2.88. The third-order valence-corrected chi connectivity index (χ3v) is 4.04. The van der Waals surface area contributed by atoms with Gasteiger partial charge in [-0.05, 0) is 13.0 Å². The van der Waals surface area contributed by atoms with Crippen molar-refractivity contribution < 1.29 is 14.3 Å². The van der Waals surface area contributed by atoms with Crippen molar-refractivity contribution in [3.63, 3.8) is 0 Å². The van der Waals surface area contributed by atoms with Gasteiger partial charge in [0.2, 0.25) is 5.91 Å². The van der Waals surface area contributed by atoms with Crippen LogP contribution in [0.5, 0.6) is 11.5 Å². The number of rotatable bonds is 3. The number of thiazole rings is 1. The van der Waals surface area contributed by atoms with Gasteiger partial charge in [0.1, 0.15) is 13.2 Å². The predicted molar refractivity (Wildman–Crippen MR) is 87.0 cm³/mol. The molecule has 1 amide bonds. The van der Waals surface area contributed by atoms with Crippen molar-refractivity contribution in [1.29, 1.82) is 0 Å². The molecule has 7 heteroatoms. The Morgan fingerprint density at radius 3 is 2.77 bits per heavy atom. The Morgan fingerprint density at radius 2 is 2.09 bits per heavy atom. The Hall–Kier alpha value is -2.05. The maximum Gasteiger partial charge on any atom is 0.248 e. The number of nitrogens with one attached hydrogen (secondary N) is 1. The van der Waals surface area contributed by atoms with E-state index in [2.05, 4.69) is 10.3 Å². The molecule has 0 saturated carbocycles. The predicted octanol–water partition coefficient (Wildman–Crippen LogP) is 3.53. The number of ether oxygens (including phenoxy) is 2. The maximum absolute atomic E-state index is 12.0. The van der Waals surface area contributed by atoms with Crippen LogP contribution >= 0.6 is 22.9 Å². The van der Waals surface area contributed by atoms with Gasteiger partial charge in [-0.1, -0.05) is 11.6 Å². The normalized spacial score (nSPS) is 13.4. The highest BCUT2D eigenvalue weighted by Gasteiger charge is 2.15. The Kier molecular flexibility index (Phi) is 4.31. The van der Waals surface area contributed by atoms with Gasteiger partial charge in [0.15, 0.2) is 11.5 Å². The number of aryl methyl sites for hydroxylation is 1. The van der Waals surface area contributed by atoms with E-state index in [4.69, 9.17) is 21.1 Å². The van der Waals surface area contributed by atoms with Crippen molar-refractivity contribution in [3.8, 4) is 11.5 Å². The minimum absolute atomic E-state index is 0.288. The second-order valence-electron chi connectivity index (χ2n) is 4.59. The number of carbonyl (C=O) groups is 1. The lowest BCUT2D eigenvalue weighted by Crippen LogP contribution is -2.16. The largest absolute Gasteiger partial charge is 0.486 e. The average Bonchev–Trinajstić information content (AvgIpc) is 2.91. The highest BCUT2D eigenvalue weighted by Crippen LogP contribution is 2.37. The number of hydrogen-bond acceptors (Lipinski definition) is 5. The van der Waals surface area contributed by atoms with Gasteiger partial charge < -0.3 is 14.8 Å². The van der Waals surface area contributed by atoms with E-state index < -0.39 is 0 Å². The smallest absolute Gasteiger partial charge is 0.248 e. The second-order valence-corrected chi connectivity index (χ2v) is 6.06. The lowest BCUT2D eigenvalue weighted by molar-refractivity contribution is -0.111. The highest BCUT2D eigenvalue weighted by atomic mass is 35.5. The van der Waals surface area contributed by atoms with Crippen molar-refractivity contribution in [2.24, 2.45) is 0 Å². The second kappa shape index (κ2) is 6.37. The van der Waals surface area contributed by atoms with Crippen LogP contribution < -0.4 is 14.8 Å². The van der Waals surface area contributed by atoms with Gasteiger partial charge in [-0.25, -0.2) is 4.98 Å². The zero-order valence-electron chi connectivity index (χ0n) is 11.8. The van der Waals surface area contributed by atoms with Crippen LogP contribution in [0, 0.1) is 6.92 Å². The number of anilines is 1. The molecule has 1 aliphatic rings. The van der Waals surface area contributed by atoms with E-state index in [1.54, 1.807) is 18.2 Å². The number of aromatic nitrogens is 1. The molecule has 5 nitrogen and oxygen atoms in total. The summed E-state index contributed by atoms with van der Waals surface area (Å²) in [5.41, 5.74) is 1.24. The van der Waals surface area contributed by atoms with Crippen LogP contribution in [0.15, 0.2) is 23.6 Å². The van der Waals surface area contributed by atoms with Crippen LogP contribution in [0.25, 0.3) is 6.08 Å². The van der Waals surface area contributed by atoms with Gasteiger partial charge in [-0.3, -0.25) is 4.79 Å². The van der Waals surface area contributed by atoms with E-state index in [1.165, 1.54) is 17.4 Å². The number of benzene rings is 1. The summed E-state index contributed by atoms with van der Waals surface area (Å²) < 4.78 is 10.9.